The Bertz CT molecular complexity index is 620. The van der Waals surface area contributed by atoms with Gasteiger partial charge >= 0.3 is 0 Å². The lowest BCUT2D eigenvalue weighted by atomic mass is 9.93. The normalized spacial score (nSPS) is 11.9. The number of aryl methyl sites for hydroxylation is 1. The molecule has 1 unspecified atom stereocenters. The van der Waals surface area contributed by atoms with Crippen LogP contribution in [0.5, 0.6) is 0 Å². The minimum Gasteiger partial charge on any atom is -0.399 e. The van der Waals surface area contributed by atoms with Crippen LogP contribution in [0.15, 0.2) is 48.5 Å². The van der Waals surface area contributed by atoms with Crippen molar-refractivity contribution in [2.24, 2.45) is 0 Å². The zero-order chi connectivity index (χ0) is 15.9. The molecule has 0 aliphatic carbocycles. The van der Waals surface area contributed by atoms with Gasteiger partial charge in [0, 0.05) is 18.7 Å². The van der Waals surface area contributed by atoms with Crippen LogP contribution in [-0.4, -0.2) is 12.5 Å². The molecule has 0 heterocycles. The van der Waals surface area contributed by atoms with Crippen molar-refractivity contribution in [3.8, 4) is 0 Å². The molecule has 0 aliphatic heterocycles. The van der Waals surface area contributed by atoms with Crippen molar-refractivity contribution in [2.75, 3.05) is 12.3 Å². The number of carbonyl (C=O) groups excluding carboxylic acids is 1. The Morgan fingerprint density at radius 2 is 1.82 bits per heavy atom. The Morgan fingerprint density at radius 3 is 2.50 bits per heavy atom. The van der Waals surface area contributed by atoms with Crippen molar-refractivity contribution in [1.29, 1.82) is 0 Å². The lowest BCUT2D eigenvalue weighted by Gasteiger charge is -2.14. The summed E-state index contributed by atoms with van der Waals surface area (Å²) in [5.41, 5.74) is 10.1. The van der Waals surface area contributed by atoms with Crippen LogP contribution in [-0.2, 0) is 11.2 Å². The second-order valence-electron chi connectivity index (χ2n) is 5.80. The van der Waals surface area contributed by atoms with E-state index in [4.69, 9.17) is 5.73 Å². The molecule has 2 aromatic carbocycles. The van der Waals surface area contributed by atoms with Crippen LogP contribution in [0.4, 0.5) is 5.69 Å². The lowest BCUT2D eigenvalue weighted by Crippen LogP contribution is -2.26. The molecule has 3 heteroatoms. The first kappa shape index (κ1) is 16.1. The molecule has 1 atom stereocenters. The third-order valence-corrected chi connectivity index (χ3v) is 3.93. The summed E-state index contributed by atoms with van der Waals surface area (Å²) in [7, 11) is 0. The zero-order valence-corrected chi connectivity index (χ0v) is 13.3. The monoisotopic (exact) mass is 296 g/mol. The van der Waals surface area contributed by atoms with E-state index >= 15 is 0 Å². The quantitative estimate of drug-likeness (QED) is 0.802. The third-order valence-electron chi connectivity index (χ3n) is 3.93. The van der Waals surface area contributed by atoms with Crippen LogP contribution in [0.3, 0.4) is 0 Å². The van der Waals surface area contributed by atoms with Crippen molar-refractivity contribution in [3.63, 3.8) is 0 Å². The van der Waals surface area contributed by atoms with Gasteiger partial charge in [-0.25, -0.2) is 0 Å². The molecule has 116 valence electrons. The number of nitrogens with two attached hydrogens (primary N) is 1. The summed E-state index contributed by atoms with van der Waals surface area (Å²) in [5.74, 6) is 0.337. The van der Waals surface area contributed by atoms with E-state index in [0.717, 1.165) is 12.1 Å². The molecule has 0 saturated carbocycles. The van der Waals surface area contributed by atoms with Gasteiger partial charge in [-0.15, -0.1) is 0 Å². The fourth-order valence-electron chi connectivity index (χ4n) is 2.63. The Morgan fingerprint density at radius 1 is 1.14 bits per heavy atom. The summed E-state index contributed by atoms with van der Waals surface area (Å²) >= 11 is 0. The van der Waals surface area contributed by atoms with Gasteiger partial charge in [0.05, 0.1) is 0 Å². The van der Waals surface area contributed by atoms with E-state index in [9.17, 15) is 4.79 Å². The second-order valence-corrected chi connectivity index (χ2v) is 5.80. The highest BCUT2D eigenvalue weighted by atomic mass is 16.1. The van der Waals surface area contributed by atoms with Crippen LogP contribution in [0.1, 0.15) is 36.0 Å². The molecule has 0 fully saturated rings. The van der Waals surface area contributed by atoms with Gasteiger partial charge in [-0.3, -0.25) is 4.79 Å². The van der Waals surface area contributed by atoms with Gasteiger partial charge < -0.3 is 11.1 Å². The van der Waals surface area contributed by atoms with Crippen LogP contribution in [0.2, 0.25) is 0 Å². The van der Waals surface area contributed by atoms with Gasteiger partial charge in [-0.05, 0) is 48.1 Å². The van der Waals surface area contributed by atoms with E-state index in [1.54, 1.807) is 0 Å². The lowest BCUT2D eigenvalue weighted by molar-refractivity contribution is -0.121. The van der Waals surface area contributed by atoms with Gasteiger partial charge in [-0.2, -0.15) is 0 Å². The highest BCUT2D eigenvalue weighted by molar-refractivity contribution is 5.76. The van der Waals surface area contributed by atoms with E-state index in [1.807, 2.05) is 36.4 Å². The Hall–Kier alpha value is -2.29. The number of hydrogen-bond acceptors (Lipinski definition) is 2. The second kappa shape index (κ2) is 7.64. The van der Waals surface area contributed by atoms with Gasteiger partial charge in [0.25, 0.3) is 0 Å². The Balaban J connectivity index is 1.78. The smallest absolute Gasteiger partial charge is 0.220 e. The van der Waals surface area contributed by atoms with Gasteiger partial charge in [0.15, 0.2) is 0 Å². The van der Waals surface area contributed by atoms with Crippen LogP contribution in [0.25, 0.3) is 0 Å². The first-order valence-corrected chi connectivity index (χ1v) is 7.73. The molecule has 22 heavy (non-hydrogen) atoms. The fraction of sp³-hybridized carbons (Fsp3) is 0.316. The summed E-state index contributed by atoms with van der Waals surface area (Å²) in [4.78, 5) is 12.1. The SMILES string of the molecule is Cc1ccccc1C(C)CC(=O)NCCc1ccc(N)cc1. The number of carbonyl (C=O) groups is 1. The molecular weight excluding hydrogens is 272 g/mol. The maximum Gasteiger partial charge on any atom is 0.220 e. The highest BCUT2D eigenvalue weighted by Gasteiger charge is 2.12. The van der Waals surface area contributed by atoms with Gasteiger partial charge in [0.1, 0.15) is 0 Å². The molecule has 2 rings (SSSR count). The number of amides is 1. The third kappa shape index (κ3) is 4.62. The van der Waals surface area contributed by atoms with Crippen molar-refractivity contribution in [3.05, 3.63) is 65.2 Å². The average molecular weight is 296 g/mol. The van der Waals surface area contributed by atoms with Crippen LogP contribution >= 0.6 is 0 Å². The molecular formula is C19H24N2O. The molecule has 0 saturated heterocycles. The standard InChI is InChI=1S/C19H24N2O/c1-14-5-3-4-6-18(14)15(2)13-19(22)21-12-11-16-7-9-17(20)10-8-16/h3-10,15H,11-13,20H2,1-2H3,(H,21,22). The summed E-state index contributed by atoms with van der Waals surface area (Å²) in [6, 6.07) is 16.0. The molecule has 0 aromatic heterocycles. The van der Waals surface area contributed by atoms with Crippen LogP contribution in [0, 0.1) is 6.92 Å². The van der Waals surface area contributed by atoms with Crippen LogP contribution < -0.4 is 11.1 Å². The number of rotatable bonds is 6. The summed E-state index contributed by atoms with van der Waals surface area (Å²) in [5, 5.41) is 3.00. The predicted molar refractivity (Wildman–Crippen MR) is 91.8 cm³/mol. The van der Waals surface area contributed by atoms with E-state index in [1.165, 1.54) is 16.7 Å². The highest BCUT2D eigenvalue weighted by Crippen LogP contribution is 2.22. The molecule has 3 N–H and O–H groups in total. The Kier molecular flexibility index (Phi) is 5.59. The average Bonchev–Trinajstić information content (AvgIpc) is 2.49. The summed E-state index contributed by atoms with van der Waals surface area (Å²) in [6.07, 6.45) is 1.34. The number of anilines is 1. The number of benzene rings is 2. The molecule has 0 bridgehead atoms. The molecule has 0 spiro atoms. The topological polar surface area (TPSA) is 55.1 Å². The maximum atomic E-state index is 12.1. The van der Waals surface area contributed by atoms with E-state index in [-0.39, 0.29) is 11.8 Å². The number of nitrogen functional groups attached to an aromatic ring is 1. The first-order chi connectivity index (χ1) is 10.6. The molecule has 0 aliphatic rings. The molecule has 1 amide bonds. The van der Waals surface area contributed by atoms with E-state index < -0.39 is 0 Å². The fourth-order valence-corrected chi connectivity index (χ4v) is 2.63. The molecule has 2 aromatic rings. The summed E-state index contributed by atoms with van der Waals surface area (Å²) in [6.45, 7) is 4.84. The van der Waals surface area contributed by atoms with Crippen molar-refractivity contribution >= 4 is 11.6 Å². The zero-order valence-electron chi connectivity index (χ0n) is 13.3. The van der Waals surface area contributed by atoms with Gasteiger partial charge in [0.2, 0.25) is 5.91 Å². The van der Waals surface area contributed by atoms with Crippen molar-refractivity contribution in [2.45, 2.75) is 32.6 Å². The van der Waals surface area contributed by atoms with E-state index in [0.29, 0.717) is 13.0 Å². The minimum atomic E-state index is 0.103. The maximum absolute atomic E-state index is 12.1. The number of nitrogens with one attached hydrogen (secondary N) is 1. The van der Waals surface area contributed by atoms with Gasteiger partial charge in [-0.1, -0.05) is 43.3 Å². The predicted octanol–water partition coefficient (Wildman–Crippen LogP) is 3.43. The van der Waals surface area contributed by atoms with Crippen molar-refractivity contribution in [1.82, 2.24) is 5.32 Å². The number of hydrogen-bond donors (Lipinski definition) is 2. The molecule has 0 radical (unpaired) electrons. The van der Waals surface area contributed by atoms with Crippen molar-refractivity contribution < 1.29 is 4.79 Å². The summed E-state index contributed by atoms with van der Waals surface area (Å²) < 4.78 is 0. The minimum absolute atomic E-state index is 0.103. The molecule has 3 nitrogen and oxygen atoms in total. The first-order valence-electron chi connectivity index (χ1n) is 7.73. The van der Waals surface area contributed by atoms with E-state index in [2.05, 4.69) is 31.3 Å². The largest absolute Gasteiger partial charge is 0.399 e. The Labute approximate surface area is 132 Å².